The Bertz CT molecular complexity index is 1170. The van der Waals surface area contributed by atoms with Crippen LogP contribution in [-0.2, 0) is 6.54 Å². The number of ether oxygens (including phenoxy) is 1. The molecule has 5 nitrogen and oxygen atoms in total. The minimum atomic E-state index is -0.240. The number of para-hydroxylation sites is 1. The molecule has 0 unspecified atom stereocenters. The van der Waals surface area contributed by atoms with E-state index in [1.807, 2.05) is 30.3 Å². The molecule has 4 aromatic rings. The van der Waals surface area contributed by atoms with E-state index in [-0.39, 0.29) is 5.91 Å². The second kappa shape index (κ2) is 7.01. The van der Waals surface area contributed by atoms with Crippen molar-refractivity contribution in [3.05, 3.63) is 52.3 Å². The summed E-state index contributed by atoms with van der Waals surface area (Å²) in [6, 6.07) is 11.4. The number of carbonyl (C=O) groups excluding carboxylic acids is 1. The first-order chi connectivity index (χ1) is 12.7. The fraction of sp³-hybridized carbons (Fsp3) is 0.211. The molecule has 0 spiro atoms. The predicted molar refractivity (Wildman–Crippen MR) is 106 cm³/mol. The van der Waals surface area contributed by atoms with Crippen LogP contribution in [0.5, 0.6) is 5.75 Å². The summed E-state index contributed by atoms with van der Waals surface area (Å²) in [5.41, 5.74) is 4.25. The van der Waals surface area contributed by atoms with Gasteiger partial charge in [0.2, 0.25) is 0 Å². The molecule has 0 saturated carbocycles. The smallest absolute Gasteiger partial charge is 0.279 e. The molecule has 0 saturated heterocycles. The van der Waals surface area contributed by atoms with Crippen molar-refractivity contribution >= 4 is 49.0 Å². The fourth-order valence-corrected chi connectivity index (χ4v) is 4.71. The highest BCUT2D eigenvalue weighted by molar-refractivity contribution is 7.17. The van der Waals surface area contributed by atoms with Crippen LogP contribution in [-0.4, -0.2) is 22.6 Å². The zero-order valence-electron chi connectivity index (χ0n) is 14.4. The molecule has 1 amide bonds. The average molecular weight is 383 g/mol. The Morgan fingerprint density at radius 3 is 2.96 bits per heavy atom. The number of methoxy groups -OCH3 is 1. The van der Waals surface area contributed by atoms with E-state index in [0.717, 1.165) is 39.1 Å². The zero-order valence-corrected chi connectivity index (χ0v) is 16.1. The third-order valence-corrected chi connectivity index (χ3v) is 5.94. The molecule has 0 aliphatic heterocycles. The van der Waals surface area contributed by atoms with Crippen molar-refractivity contribution in [2.45, 2.75) is 19.9 Å². The van der Waals surface area contributed by atoms with Gasteiger partial charge in [-0.1, -0.05) is 24.3 Å². The van der Waals surface area contributed by atoms with Crippen LogP contribution in [0.3, 0.4) is 0 Å². The normalized spacial score (nSPS) is 12.2. The number of nitrogens with zero attached hydrogens (tertiary/aromatic N) is 3. The third-order valence-electron chi connectivity index (χ3n) is 4.11. The molecule has 0 bridgehead atoms. The van der Waals surface area contributed by atoms with Gasteiger partial charge in [0.1, 0.15) is 11.3 Å². The zero-order chi connectivity index (χ0) is 18.1. The van der Waals surface area contributed by atoms with Gasteiger partial charge < -0.3 is 9.30 Å². The summed E-state index contributed by atoms with van der Waals surface area (Å²) in [6.45, 7) is 2.88. The molecule has 0 aliphatic rings. The lowest BCUT2D eigenvalue weighted by molar-refractivity contribution is 0.0998. The van der Waals surface area contributed by atoms with E-state index in [9.17, 15) is 4.79 Å². The summed E-state index contributed by atoms with van der Waals surface area (Å²) in [6.07, 6.45) is 0.943. The predicted octanol–water partition coefficient (Wildman–Crippen LogP) is 4.47. The lowest BCUT2D eigenvalue weighted by Crippen LogP contribution is -2.17. The third kappa shape index (κ3) is 2.93. The van der Waals surface area contributed by atoms with Crippen molar-refractivity contribution in [3.8, 4) is 5.75 Å². The van der Waals surface area contributed by atoms with Crippen LogP contribution in [0.4, 0.5) is 0 Å². The topological polar surface area (TPSA) is 56.5 Å². The minimum absolute atomic E-state index is 0.240. The number of hydrogen-bond acceptors (Lipinski definition) is 5. The molecular weight excluding hydrogens is 366 g/mol. The van der Waals surface area contributed by atoms with Crippen LogP contribution in [0, 0.1) is 0 Å². The molecule has 0 N–H and O–H groups in total. The molecule has 26 heavy (non-hydrogen) atoms. The highest BCUT2D eigenvalue weighted by Gasteiger charge is 2.13. The first-order valence-corrected chi connectivity index (χ1v) is 9.99. The largest absolute Gasteiger partial charge is 0.495 e. The summed E-state index contributed by atoms with van der Waals surface area (Å²) in [4.78, 5) is 22.1. The number of fused-ring (bicyclic) bond motifs is 2. The van der Waals surface area contributed by atoms with Crippen LogP contribution in [0.1, 0.15) is 23.7 Å². The highest BCUT2D eigenvalue weighted by atomic mass is 32.1. The summed E-state index contributed by atoms with van der Waals surface area (Å²) in [7, 11) is 1.66. The molecule has 0 atom stereocenters. The van der Waals surface area contributed by atoms with E-state index >= 15 is 0 Å². The van der Waals surface area contributed by atoms with E-state index in [1.54, 1.807) is 18.7 Å². The maximum Gasteiger partial charge on any atom is 0.279 e. The van der Waals surface area contributed by atoms with Crippen LogP contribution in [0.25, 0.3) is 20.4 Å². The quantitative estimate of drug-likeness (QED) is 0.522. The minimum Gasteiger partial charge on any atom is -0.495 e. The molecule has 132 valence electrons. The molecule has 7 heteroatoms. The Balaban J connectivity index is 1.86. The van der Waals surface area contributed by atoms with Crippen LogP contribution >= 0.6 is 22.7 Å². The standard InChI is InChI=1S/C19H17N3O2S2/c1-3-9-22-17-14(24-2)5-4-6-15(17)26-19(22)21-18(23)12-7-8-13-16(10-12)25-11-20-13/h4-8,10-11H,3,9H2,1-2H3. The number of carbonyl (C=O) groups is 1. The number of rotatable bonds is 4. The average Bonchev–Trinajstić information content (AvgIpc) is 3.26. The van der Waals surface area contributed by atoms with E-state index in [1.165, 1.54) is 22.7 Å². The molecule has 0 fully saturated rings. The highest BCUT2D eigenvalue weighted by Crippen LogP contribution is 2.27. The molecule has 2 aromatic carbocycles. The first-order valence-electron chi connectivity index (χ1n) is 8.30. The van der Waals surface area contributed by atoms with Crippen molar-refractivity contribution < 1.29 is 9.53 Å². The van der Waals surface area contributed by atoms with Gasteiger partial charge in [0.05, 0.1) is 27.5 Å². The van der Waals surface area contributed by atoms with Crippen molar-refractivity contribution in [2.75, 3.05) is 7.11 Å². The van der Waals surface area contributed by atoms with Crippen LogP contribution in [0.15, 0.2) is 46.9 Å². The summed E-state index contributed by atoms with van der Waals surface area (Å²) in [5.74, 6) is 0.558. The van der Waals surface area contributed by atoms with Crippen molar-refractivity contribution in [1.82, 2.24) is 9.55 Å². The van der Waals surface area contributed by atoms with Gasteiger partial charge >= 0.3 is 0 Å². The second-order valence-corrected chi connectivity index (χ2v) is 7.69. The summed E-state index contributed by atoms with van der Waals surface area (Å²) in [5, 5.41) is 0. The Morgan fingerprint density at radius 1 is 1.27 bits per heavy atom. The van der Waals surface area contributed by atoms with Gasteiger partial charge in [0.25, 0.3) is 5.91 Å². The van der Waals surface area contributed by atoms with Gasteiger partial charge in [0, 0.05) is 12.1 Å². The Morgan fingerprint density at radius 2 is 2.15 bits per heavy atom. The van der Waals surface area contributed by atoms with E-state index < -0.39 is 0 Å². The van der Waals surface area contributed by atoms with Gasteiger partial charge in [-0.15, -0.1) is 11.3 Å². The van der Waals surface area contributed by atoms with Crippen molar-refractivity contribution in [3.63, 3.8) is 0 Å². The number of aromatic nitrogens is 2. The van der Waals surface area contributed by atoms with E-state index in [0.29, 0.717) is 10.4 Å². The van der Waals surface area contributed by atoms with Crippen LogP contribution in [0.2, 0.25) is 0 Å². The molecule has 2 aromatic heterocycles. The first kappa shape index (κ1) is 16.9. The van der Waals surface area contributed by atoms with Gasteiger partial charge in [-0.25, -0.2) is 4.98 Å². The van der Waals surface area contributed by atoms with E-state index in [2.05, 4.69) is 21.5 Å². The van der Waals surface area contributed by atoms with Crippen LogP contribution < -0.4 is 9.54 Å². The van der Waals surface area contributed by atoms with Crippen molar-refractivity contribution in [1.29, 1.82) is 0 Å². The second-order valence-electron chi connectivity index (χ2n) is 5.80. The van der Waals surface area contributed by atoms with Gasteiger partial charge in [-0.05, 0) is 36.8 Å². The SMILES string of the molecule is CCCn1c(=NC(=O)c2ccc3ncsc3c2)sc2cccc(OC)c21. The molecular formula is C19H17N3O2S2. The number of benzene rings is 2. The molecule has 0 radical (unpaired) electrons. The van der Waals surface area contributed by atoms with E-state index in [4.69, 9.17) is 4.74 Å². The van der Waals surface area contributed by atoms with Gasteiger partial charge in [0.15, 0.2) is 4.80 Å². The summed E-state index contributed by atoms with van der Waals surface area (Å²) >= 11 is 3.03. The lowest BCUT2D eigenvalue weighted by Gasteiger charge is -2.07. The maximum atomic E-state index is 12.7. The molecule has 0 aliphatic carbocycles. The Kier molecular flexibility index (Phi) is 4.57. The Labute approximate surface area is 158 Å². The maximum absolute atomic E-state index is 12.7. The molecule has 2 heterocycles. The summed E-state index contributed by atoms with van der Waals surface area (Å²) < 4.78 is 9.63. The monoisotopic (exact) mass is 383 g/mol. The number of amides is 1. The fourth-order valence-electron chi connectivity index (χ4n) is 2.92. The van der Waals surface area contributed by atoms with Gasteiger partial charge in [-0.2, -0.15) is 4.99 Å². The Hall–Kier alpha value is -2.51. The number of aryl methyl sites for hydroxylation is 1. The number of hydrogen-bond donors (Lipinski definition) is 0. The van der Waals surface area contributed by atoms with Crippen molar-refractivity contribution in [2.24, 2.45) is 4.99 Å². The van der Waals surface area contributed by atoms with Gasteiger partial charge in [-0.3, -0.25) is 4.79 Å². The molecule has 4 rings (SSSR count). The number of thiazole rings is 2. The lowest BCUT2D eigenvalue weighted by atomic mass is 10.2.